The summed E-state index contributed by atoms with van der Waals surface area (Å²) in [5.41, 5.74) is 0.930. The number of hydrogen-bond donors (Lipinski definition) is 0. The first kappa shape index (κ1) is 19.5. The second-order valence-electron chi connectivity index (χ2n) is 7.52. The van der Waals surface area contributed by atoms with Crippen molar-refractivity contribution < 1.29 is 18.0 Å². The van der Waals surface area contributed by atoms with Gasteiger partial charge in [-0.25, -0.2) is 18.2 Å². The van der Waals surface area contributed by atoms with E-state index in [2.05, 4.69) is 9.55 Å². The summed E-state index contributed by atoms with van der Waals surface area (Å²) < 4.78 is 44.1. The number of nitrogens with zero attached hydrogens (tertiary/aromatic N) is 3. The van der Waals surface area contributed by atoms with Crippen LogP contribution in [0.25, 0.3) is 11.0 Å². The monoisotopic (exact) mass is 401 g/mol. The van der Waals surface area contributed by atoms with Crippen molar-refractivity contribution in [2.45, 2.75) is 39.3 Å². The zero-order chi connectivity index (χ0) is 20.5. The van der Waals surface area contributed by atoms with Gasteiger partial charge < -0.3 is 9.47 Å². The quantitative estimate of drug-likeness (QED) is 0.527. The van der Waals surface area contributed by atoms with Gasteiger partial charge in [-0.1, -0.05) is 19.1 Å². The summed E-state index contributed by atoms with van der Waals surface area (Å²) in [6, 6.07) is 9.17. The number of para-hydroxylation sites is 2. The van der Waals surface area contributed by atoms with E-state index in [1.807, 2.05) is 31.2 Å². The van der Waals surface area contributed by atoms with E-state index in [9.17, 15) is 18.0 Å². The van der Waals surface area contributed by atoms with Gasteiger partial charge in [-0.3, -0.25) is 4.79 Å². The SMILES string of the molecule is CCCN(Cc1nc2ccccc2n1CC1CC1)C(=O)c1c(F)ccc(F)c1F. The fraction of sp³-hybridized carbons (Fsp3) is 0.364. The smallest absolute Gasteiger partial charge is 0.260 e. The maximum Gasteiger partial charge on any atom is 0.260 e. The molecule has 1 amide bonds. The third-order valence-corrected chi connectivity index (χ3v) is 5.24. The van der Waals surface area contributed by atoms with E-state index in [0.717, 1.165) is 36.5 Å². The summed E-state index contributed by atoms with van der Waals surface area (Å²) in [5.74, 6) is -3.39. The highest BCUT2D eigenvalue weighted by Crippen LogP contribution is 2.33. The molecule has 3 aromatic rings. The molecule has 1 aromatic heterocycles. The van der Waals surface area contributed by atoms with Crippen LogP contribution in [0, 0.1) is 23.4 Å². The summed E-state index contributed by atoms with van der Waals surface area (Å²) in [5, 5.41) is 0. The maximum absolute atomic E-state index is 14.2. The molecule has 29 heavy (non-hydrogen) atoms. The van der Waals surface area contributed by atoms with Crippen molar-refractivity contribution in [3.8, 4) is 0 Å². The van der Waals surface area contributed by atoms with Crippen molar-refractivity contribution in [1.29, 1.82) is 0 Å². The molecule has 4 nitrogen and oxygen atoms in total. The fourth-order valence-corrected chi connectivity index (χ4v) is 3.58. The van der Waals surface area contributed by atoms with Gasteiger partial charge in [0.25, 0.3) is 5.91 Å². The number of benzene rings is 2. The molecular formula is C22H22F3N3O. The zero-order valence-corrected chi connectivity index (χ0v) is 16.2. The van der Waals surface area contributed by atoms with Crippen molar-refractivity contribution in [3.63, 3.8) is 0 Å². The molecule has 1 saturated carbocycles. The lowest BCUT2D eigenvalue weighted by molar-refractivity contribution is 0.0726. The molecule has 1 fully saturated rings. The minimum absolute atomic E-state index is 0.101. The molecule has 4 rings (SSSR count). The number of carbonyl (C=O) groups is 1. The Hall–Kier alpha value is -2.83. The van der Waals surface area contributed by atoms with Gasteiger partial charge in [-0.05, 0) is 49.4 Å². The third-order valence-electron chi connectivity index (χ3n) is 5.24. The van der Waals surface area contributed by atoms with Crippen LogP contribution in [-0.4, -0.2) is 26.9 Å². The topological polar surface area (TPSA) is 38.1 Å². The van der Waals surface area contributed by atoms with Crippen molar-refractivity contribution in [3.05, 3.63) is 65.2 Å². The van der Waals surface area contributed by atoms with Crippen LogP contribution in [0.15, 0.2) is 36.4 Å². The Morgan fingerprint density at radius 3 is 2.59 bits per heavy atom. The average Bonchev–Trinajstić information content (AvgIpc) is 3.46. The van der Waals surface area contributed by atoms with E-state index in [1.54, 1.807) is 0 Å². The number of carbonyl (C=O) groups excluding carboxylic acids is 1. The second-order valence-corrected chi connectivity index (χ2v) is 7.52. The molecular weight excluding hydrogens is 379 g/mol. The number of fused-ring (bicyclic) bond motifs is 1. The molecule has 7 heteroatoms. The zero-order valence-electron chi connectivity index (χ0n) is 16.2. The molecule has 0 spiro atoms. The lowest BCUT2D eigenvalue weighted by atomic mass is 10.1. The number of amides is 1. The van der Waals surface area contributed by atoms with E-state index in [4.69, 9.17) is 0 Å². The highest BCUT2D eigenvalue weighted by atomic mass is 19.2. The first-order valence-corrected chi connectivity index (χ1v) is 9.86. The van der Waals surface area contributed by atoms with Gasteiger partial charge in [0.15, 0.2) is 11.6 Å². The summed E-state index contributed by atoms with van der Waals surface area (Å²) in [4.78, 5) is 18.9. The first-order chi connectivity index (χ1) is 14.0. The van der Waals surface area contributed by atoms with E-state index in [-0.39, 0.29) is 13.1 Å². The molecule has 1 aliphatic rings. The number of imidazole rings is 1. The predicted molar refractivity (Wildman–Crippen MR) is 104 cm³/mol. The Bertz CT molecular complexity index is 1060. The molecule has 1 aliphatic carbocycles. The van der Waals surface area contributed by atoms with Gasteiger partial charge in [0.05, 0.1) is 17.6 Å². The molecule has 0 unspecified atom stereocenters. The van der Waals surface area contributed by atoms with Crippen molar-refractivity contribution in [1.82, 2.24) is 14.5 Å². The molecule has 0 N–H and O–H groups in total. The molecule has 0 radical (unpaired) electrons. The standard InChI is InChI=1S/C22H22F3N3O/c1-2-11-27(22(29)20-15(23)9-10-16(24)21(20)25)13-19-26-17-5-3-4-6-18(17)28(19)12-14-7-8-14/h3-6,9-10,14H,2,7-8,11-13H2,1H3. The third kappa shape index (κ3) is 3.86. The van der Waals surface area contributed by atoms with E-state index in [1.165, 1.54) is 4.90 Å². The first-order valence-electron chi connectivity index (χ1n) is 9.86. The van der Waals surface area contributed by atoms with Gasteiger partial charge in [-0.15, -0.1) is 0 Å². The summed E-state index contributed by atoms with van der Waals surface area (Å²) in [6.07, 6.45) is 2.90. The molecule has 152 valence electrons. The summed E-state index contributed by atoms with van der Waals surface area (Å²) in [7, 11) is 0. The maximum atomic E-state index is 14.2. The molecule has 0 aliphatic heterocycles. The van der Waals surface area contributed by atoms with Gasteiger partial charge in [-0.2, -0.15) is 0 Å². The Morgan fingerprint density at radius 1 is 1.14 bits per heavy atom. The van der Waals surface area contributed by atoms with E-state index in [0.29, 0.717) is 24.2 Å². The number of aromatic nitrogens is 2. The van der Waals surface area contributed by atoms with Crippen LogP contribution in [-0.2, 0) is 13.1 Å². The average molecular weight is 401 g/mol. The number of rotatable bonds is 7. The van der Waals surface area contributed by atoms with Crippen molar-refractivity contribution in [2.24, 2.45) is 5.92 Å². The highest BCUT2D eigenvalue weighted by molar-refractivity contribution is 5.94. The minimum atomic E-state index is -1.46. The fourth-order valence-electron chi connectivity index (χ4n) is 3.58. The van der Waals surface area contributed by atoms with E-state index < -0.39 is 28.9 Å². The number of hydrogen-bond acceptors (Lipinski definition) is 2. The second kappa shape index (κ2) is 7.89. The normalized spacial score (nSPS) is 13.8. The van der Waals surface area contributed by atoms with Crippen LogP contribution in [0.3, 0.4) is 0 Å². The Labute approximate surface area is 167 Å². The Morgan fingerprint density at radius 2 is 1.86 bits per heavy atom. The van der Waals surface area contributed by atoms with E-state index >= 15 is 0 Å². The van der Waals surface area contributed by atoms with Crippen molar-refractivity contribution in [2.75, 3.05) is 6.54 Å². The van der Waals surface area contributed by atoms with Gasteiger partial charge in [0.2, 0.25) is 0 Å². The van der Waals surface area contributed by atoms with Crippen LogP contribution in [0.5, 0.6) is 0 Å². The summed E-state index contributed by atoms with van der Waals surface area (Å²) >= 11 is 0. The van der Waals surface area contributed by atoms with Crippen LogP contribution >= 0.6 is 0 Å². The van der Waals surface area contributed by atoms with Crippen LogP contribution in [0.4, 0.5) is 13.2 Å². The molecule has 1 heterocycles. The number of halogens is 3. The molecule has 2 aromatic carbocycles. The minimum Gasteiger partial charge on any atom is -0.331 e. The van der Waals surface area contributed by atoms with Crippen LogP contribution in [0.2, 0.25) is 0 Å². The van der Waals surface area contributed by atoms with Crippen LogP contribution in [0.1, 0.15) is 42.4 Å². The van der Waals surface area contributed by atoms with Crippen LogP contribution < -0.4 is 0 Å². The lowest BCUT2D eigenvalue weighted by Crippen LogP contribution is -2.34. The largest absolute Gasteiger partial charge is 0.331 e. The van der Waals surface area contributed by atoms with Crippen molar-refractivity contribution >= 4 is 16.9 Å². The van der Waals surface area contributed by atoms with Gasteiger partial charge in [0.1, 0.15) is 17.2 Å². The van der Waals surface area contributed by atoms with Gasteiger partial charge >= 0.3 is 0 Å². The Balaban J connectivity index is 1.70. The molecule has 0 saturated heterocycles. The Kier molecular flexibility index (Phi) is 5.30. The molecule has 0 atom stereocenters. The predicted octanol–water partition coefficient (Wildman–Crippen LogP) is 4.92. The summed E-state index contributed by atoms with van der Waals surface area (Å²) in [6.45, 7) is 3.04. The lowest BCUT2D eigenvalue weighted by Gasteiger charge is -2.23. The highest BCUT2D eigenvalue weighted by Gasteiger charge is 2.28. The van der Waals surface area contributed by atoms with Gasteiger partial charge in [0, 0.05) is 13.1 Å². The molecule has 0 bridgehead atoms.